The van der Waals surface area contributed by atoms with Gasteiger partial charge in [0.2, 0.25) is 0 Å². The van der Waals surface area contributed by atoms with Crippen LogP contribution in [0, 0.1) is 17.8 Å². The number of amides is 1. The minimum atomic E-state index is -1.82. The molecule has 11 heteroatoms. The molecular formula is C28H43N7O3Si. The van der Waals surface area contributed by atoms with E-state index in [0.29, 0.717) is 42.9 Å². The summed E-state index contributed by atoms with van der Waals surface area (Å²) < 4.78 is 11.6. The highest BCUT2D eigenvalue weighted by atomic mass is 28.4. The Bertz CT molecular complexity index is 1160. The first-order valence-electron chi connectivity index (χ1n) is 13.5. The first kappa shape index (κ1) is 30.3. The van der Waals surface area contributed by atoms with Crippen LogP contribution in [-0.2, 0) is 9.16 Å². The second kappa shape index (κ2) is 12.7. The lowest BCUT2D eigenvalue weighted by Crippen LogP contribution is -2.42. The molecule has 0 atom stereocenters. The summed E-state index contributed by atoms with van der Waals surface area (Å²) in [6, 6.07) is 1.84. The van der Waals surface area contributed by atoms with Gasteiger partial charge in [0.1, 0.15) is 35.1 Å². The molecule has 10 nitrogen and oxygen atoms in total. The van der Waals surface area contributed by atoms with Crippen molar-refractivity contribution in [1.82, 2.24) is 24.8 Å². The van der Waals surface area contributed by atoms with E-state index in [1.54, 1.807) is 17.3 Å². The SMILES string of the molecule is CC(C)(C)OC(=O)N1CCC(CNc2cc(Nc3cnc(C#CCO[Si](C)(C)C(C)(C)C)cn3)ncn2)CC1. The summed E-state index contributed by atoms with van der Waals surface area (Å²) in [5.74, 6) is 8.41. The van der Waals surface area contributed by atoms with Gasteiger partial charge in [-0.05, 0) is 63.6 Å². The number of aromatic nitrogens is 4. The van der Waals surface area contributed by atoms with E-state index >= 15 is 0 Å². The van der Waals surface area contributed by atoms with Gasteiger partial charge in [0, 0.05) is 25.7 Å². The molecule has 1 saturated heterocycles. The minimum absolute atomic E-state index is 0.152. The standard InChI is InChI=1S/C28H43N7O3Si/c1-27(2,3)38-26(36)35-13-11-21(12-14-35)17-30-23-16-24(33-20-32-23)34-25-19-29-22(18-31-25)10-9-15-37-39(7,8)28(4,5)6/h16,18-21H,11-15,17H2,1-8H3,(H2,30,31,32,33,34). The van der Waals surface area contributed by atoms with Crippen LogP contribution in [0.2, 0.25) is 18.1 Å². The fraction of sp³-hybridized carbons (Fsp3) is 0.607. The van der Waals surface area contributed by atoms with Gasteiger partial charge < -0.3 is 24.7 Å². The predicted octanol–water partition coefficient (Wildman–Crippen LogP) is 5.44. The lowest BCUT2D eigenvalue weighted by atomic mass is 9.97. The third kappa shape index (κ3) is 9.78. The first-order chi connectivity index (χ1) is 18.2. The highest BCUT2D eigenvalue weighted by molar-refractivity contribution is 6.74. The quantitative estimate of drug-likeness (QED) is 0.341. The summed E-state index contributed by atoms with van der Waals surface area (Å²) in [5.41, 5.74) is 0.109. The van der Waals surface area contributed by atoms with Gasteiger partial charge in [-0.15, -0.1) is 0 Å². The number of hydrogen-bond acceptors (Lipinski definition) is 9. The van der Waals surface area contributed by atoms with Crippen molar-refractivity contribution in [3.8, 4) is 11.8 Å². The third-order valence-corrected chi connectivity index (χ3v) is 11.4. The number of nitrogens with one attached hydrogen (secondary N) is 2. The highest BCUT2D eigenvalue weighted by Crippen LogP contribution is 2.36. The zero-order valence-corrected chi connectivity index (χ0v) is 25.6. The molecule has 2 N–H and O–H groups in total. The number of ether oxygens (including phenoxy) is 1. The summed E-state index contributed by atoms with van der Waals surface area (Å²) in [4.78, 5) is 31.4. The molecule has 1 aliphatic rings. The lowest BCUT2D eigenvalue weighted by molar-refractivity contribution is 0.0188. The molecule has 2 aromatic heterocycles. The normalized spacial score (nSPS) is 14.8. The van der Waals surface area contributed by atoms with E-state index in [1.807, 2.05) is 26.8 Å². The average molecular weight is 554 g/mol. The van der Waals surface area contributed by atoms with Crippen molar-refractivity contribution < 1.29 is 14.0 Å². The van der Waals surface area contributed by atoms with Crippen molar-refractivity contribution in [3.05, 3.63) is 30.5 Å². The van der Waals surface area contributed by atoms with Crippen molar-refractivity contribution in [2.45, 2.75) is 78.1 Å². The minimum Gasteiger partial charge on any atom is -0.444 e. The maximum Gasteiger partial charge on any atom is 0.410 e. The maximum atomic E-state index is 12.3. The summed E-state index contributed by atoms with van der Waals surface area (Å²) in [5, 5.41) is 6.70. The number of rotatable bonds is 7. The molecule has 39 heavy (non-hydrogen) atoms. The second-order valence-electron chi connectivity index (χ2n) is 12.3. The van der Waals surface area contributed by atoms with Crippen molar-refractivity contribution in [2.24, 2.45) is 5.92 Å². The molecule has 0 bridgehead atoms. The van der Waals surface area contributed by atoms with Gasteiger partial charge in [0.25, 0.3) is 0 Å². The largest absolute Gasteiger partial charge is 0.444 e. The van der Waals surface area contributed by atoms with Crippen LogP contribution in [0.25, 0.3) is 0 Å². The van der Waals surface area contributed by atoms with Crippen molar-refractivity contribution in [2.75, 3.05) is 36.9 Å². The summed E-state index contributed by atoms with van der Waals surface area (Å²) in [6.07, 6.45) is 6.36. The molecule has 2 aromatic rings. The lowest BCUT2D eigenvalue weighted by Gasteiger charge is -2.35. The molecule has 1 fully saturated rings. The van der Waals surface area contributed by atoms with Crippen LogP contribution in [0.4, 0.5) is 22.2 Å². The molecule has 3 rings (SSSR count). The molecule has 0 radical (unpaired) electrons. The summed E-state index contributed by atoms with van der Waals surface area (Å²) >= 11 is 0. The van der Waals surface area contributed by atoms with Crippen molar-refractivity contribution in [1.29, 1.82) is 0 Å². The van der Waals surface area contributed by atoms with Gasteiger partial charge in [-0.3, -0.25) is 0 Å². The fourth-order valence-corrected chi connectivity index (χ4v) is 4.43. The van der Waals surface area contributed by atoms with E-state index in [4.69, 9.17) is 9.16 Å². The fourth-order valence-electron chi connectivity index (χ4n) is 3.57. The molecule has 0 aromatic carbocycles. The third-order valence-electron chi connectivity index (χ3n) is 6.94. The Kier molecular flexibility index (Phi) is 9.91. The molecule has 1 amide bonds. The molecule has 0 saturated carbocycles. The Morgan fingerprint density at radius 3 is 2.33 bits per heavy atom. The number of carbonyl (C=O) groups excluding carboxylic acids is 1. The van der Waals surface area contributed by atoms with E-state index in [0.717, 1.165) is 25.2 Å². The van der Waals surface area contributed by atoms with Gasteiger partial charge in [-0.2, -0.15) is 0 Å². The van der Waals surface area contributed by atoms with Crippen molar-refractivity contribution in [3.63, 3.8) is 0 Å². The van der Waals surface area contributed by atoms with Crippen LogP contribution >= 0.6 is 0 Å². The molecule has 1 aliphatic heterocycles. The summed E-state index contributed by atoms with van der Waals surface area (Å²) in [6.45, 7) is 19.2. The zero-order valence-electron chi connectivity index (χ0n) is 24.6. The molecule has 0 unspecified atom stereocenters. The van der Waals surface area contributed by atoms with Crippen LogP contribution < -0.4 is 10.6 Å². The zero-order chi connectivity index (χ0) is 28.7. The topological polar surface area (TPSA) is 114 Å². The predicted molar refractivity (Wildman–Crippen MR) is 156 cm³/mol. The van der Waals surface area contributed by atoms with Crippen LogP contribution in [-0.4, -0.2) is 71.1 Å². The van der Waals surface area contributed by atoms with E-state index in [2.05, 4.69) is 76.3 Å². The maximum absolute atomic E-state index is 12.3. The van der Waals surface area contributed by atoms with E-state index in [-0.39, 0.29) is 11.1 Å². The average Bonchev–Trinajstić information content (AvgIpc) is 2.85. The monoisotopic (exact) mass is 553 g/mol. The van der Waals surface area contributed by atoms with Gasteiger partial charge in [-0.1, -0.05) is 26.7 Å². The molecule has 0 spiro atoms. The number of carbonyl (C=O) groups is 1. The Balaban J connectivity index is 1.45. The smallest absolute Gasteiger partial charge is 0.410 e. The number of hydrogen-bond donors (Lipinski definition) is 2. The number of anilines is 3. The van der Waals surface area contributed by atoms with E-state index in [9.17, 15) is 4.79 Å². The Labute approximate surface area is 233 Å². The van der Waals surface area contributed by atoms with Crippen molar-refractivity contribution >= 4 is 31.9 Å². The Morgan fingerprint density at radius 2 is 1.72 bits per heavy atom. The Hall–Kier alpha value is -3.23. The molecule has 0 aliphatic carbocycles. The molecule has 212 valence electrons. The molecule has 3 heterocycles. The van der Waals surface area contributed by atoms with Gasteiger partial charge in [-0.25, -0.2) is 24.7 Å². The summed E-state index contributed by atoms with van der Waals surface area (Å²) in [7, 11) is -1.82. The van der Waals surface area contributed by atoms with Gasteiger partial charge in [0.15, 0.2) is 8.32 Å². The van der Waals surface area contributed by atoms with Gasteiger partial charge >= 0.3 is 6.09 Å². The van der Waals surface area contributed by atoms with Crippen LogP contribution in [0.1, 0.15) is 60.1 Å². The number of piperidine rings is 1. The van der Waals surface area contributed by atoms with Crippen LogP contribution in [0.5, 0.6) is 0 Å². The van der Waals surface area contributed by atoms with E-state index < -0.39 is 13.9 Å². The Morgan fingerprint density at radius 1 is 1.03 bits per heavy atom. The second-order valence-corrected chi connectivity index (χ2v) is 17.2. The molecular weight excluding hydrogens is 510 g/mol. The van der Waals surface area contributed by atoms with Crippen LogP contribution in [0.15, 0.2) is 24.8 Å². The number of likely N-dealkylation sites (tertiary alicyclic amines) is 1. The van der Waals surface area contributed by atoms with E-state index in [1.165, 1.54) is 6.33 Å². The van der Waals surface area contributed by atoms with Crippen LogP contribution in [0.3, 0.4) is 0 Å². The number of nitrogens with zero attached hydrogens (tertiary/aromatic N) is 5. The highest BCUT2D eigenvalue weighted by Gasteiger charge is 2.36. The van der Waals surface area contributed by atoms with Gasteiger partial charge in [0.05, 0.1) is 19.0 Å². The first-order valence-corrected chi connectivity index (χ1v) is 16.4.